The second-order valence-electron chi connectivity index (χ2n) is 6.28. The number of carbonyl (C=O) groups is 2. The van der Waals surface area contributed by atoms with Gasteiger partial charge in [0.05, 0.1) is 6.61 Å². The van der Waals surface area contributed by atoms with Crippen molar-refractivity contribution in [3.8, 4) is 0 Å². The number of esters is 1. The summed E-state index contributed by atoms with van der Waals surface area (Å²) in [5.41, 5.74) is 0.314. The Morgan fingerprint density at radius 3 is 2.29 bits per heavy atom. The zero-order valence-electron chi connectivity index (χ0n) is 14.8. The van der Waals surface area contributed by atoms with Crippen LogP contribution in [0.1, 0.15) is 63.2 Å². The molecular weight excluding hydrogens is 309 g/mol. The van der Waals surface area contributed by atoms with E-state index in [1.807, 2.05) is 13.8 Å². The Morgan fingerprint density at radius 2 is 1.71 bits per heavy atom. The van der Waals surface area contributed by atoms with Gasteiger partial charge in [0, 0.05) is 5.56 Å². The van der Waals surface area contributed by atoms with Crippen LogP contribution in [0.2, 0.25) is 0 Å². The number of ether oxygens (including phenoxy) is 1. The molecule has 4 nitrogen and oxygen atoms in total. The quantitative estimate of drug-likeness (QED) is 0.517. The topological polar surface area (TPSA) is 55.4 Å². The fourth-order valence-electron chi connectivity index (χ4n) is 2.29. The minimum absolute atomic E-state index is 0.0954. The number of halogens is 1. The third kappa shape index (κ3) is 7.11. The maximum atomic E-state index is 12.9. The molecule has 1 amide bonds. The highest BCUT2D eigenvalue weighted by molar-refractivity contribution is 5.96. The van der Waals surface area contributed by atoms with Gasteiger partial charge in [0.25, 0.3) is 5.91 Å². The van der Waals surface area contributed by atoms with E-state index in [2.05, 4.69) is 12.2 Å². The van der Waals surface area contributed by atoms with Gasteiger partial charge in [0.15, 0.2) is 0 Å². The Hall–Kier alpha value is -1.91. The molecule has 0 saturated carbocycles. The monoisotopic (exact) mass is 337 g/mol. The van der Waals surface area contributed by atoms with E-state index in [9.17, 15) is 14.0 Å². The fraction of sp³-hybridized carbons (Fsp3) is 0.579. The van der Waals surface area contributed by atoms with Crippen LogP contribution in [0.15, 0.2) is 24.3 Å². The summed E-state index contributed by atoms with van der Waals surface area (Å²) in [6, 6.07) is 4.50. The molecule has 5 heteroatoms. The maximum absolute atomic E-state index is 12.9. The largest absolute Gasteiger partial charge is 0.464 e. The average Bonchev–Trinajstić information content (AvgIpc) is 2.55. The Balaban J connectivity index is 2.49. The summed E-state index contributed by atoms with van der Waals surface area (Å²) in [6.45, 7) is 6.21. The van der Waals surface area contributed by atoms with Crippen molar-refractivity contribution in [2.24, 2.45) is 5.92 Å². The lowest BCUT2D eigenvalue weighted by atomic mass is 10.0. The summed E-state index contributed by atoms with van der Waals surface area (Å²) in [4.78, 5) is 24.4. The lowest BCUT2D eigenvalue weighted by Gasteiger charge is -2.21. The van der Waals surface area contributed by atoms with Crippen molar-refractivity contribution in [2.75, 3.05) is 6.61 Å². The van der Waals surface area contributed by atoms with Gasteiger partial charge in [0.2, 0.25) is 0 Å². The van der Waals surface area contributed by atoms with Crippen molar-refractivity contribution < 1.29 is 18.7 Å². The van der Waals surface area contributed by atoms with E-state index in [1.165, 1.54) is 37.1 Å². The van der Waals surface area contributed by atoms with E-state index < -0.39 is 23.7 Å². The number of carbonyl (C=O) groups excluding carboxylic acids is 2. The Bertz CT molecular complexity index is 514. The Labute approximate surface area is 143 Å². The van der Waals surface area contributed by atoms with E-state index in [0.717, 1.165) is 19.3 Å². The minimum Gasteiger partial charge on any atom is -0.464 e. The fourth-order valence-corrected chi connectivity index (χ4v) is 2.29. The van der Waals surface area contributed by atoms with Gasteiger partial charge in [-0.25, -0.2) is 9.18 Å². The van der Waals surface area contributed by atoms with Crippen molar-refractivity contribution in [3.05, 3.63) is 35.6 Å². The van der Waals surface area contributed by atoms with Gasteiger partial charge in [-0.2, -0.15) is 0 Å². The van der Waals surface area contributed by atoms with Crippen LogP contribution in [-0.4, -0.2) is 24.5 Å². The van der Waals surface area contributed by atoms with Gasteiger partial charge in [0.1, 0.15) is 11.9 Å². The van der Waals surface area contributed by atoms with E-state index in [1.54, 1.807) is 0 Å². The molecule has 1 rings (SSSR count). The van der Waals surface area contributed by atoms with E-state index >= 15 is 0 Å². The molecule has 0 fully saturated rings. The van der Waals surface area contributed by atoms with Crippen molar-refractivity contribution >= 4 is 11.9 Å². The molecule has 0 saturated heterocycles. The molecule has 1 atom stereocenters. The third-order valence-corrected chi connectivity index (χ3v) is 3.81. The molecule has 0 aromatic heterocycles. The van der Waals surface area contributed by atoms with Crippen LogP contribution in [0.5, 0.6) is 0 Å². The van der Waals surface area contributed by atoms with Gasteiger partial charge in [-0.15, -0.1) is 0 Å². The number of unbranched alkanes of at least 4 members (excludes halogenated alkanes) is 4. The first-order chi connectivity index (χ1) is 11.5. The minimum atomic E-state index is -0.710. The Morgan fingerprint density at radius 1 is 1.08 bits per heavy atom. The second-order valence-corrected chi connectivity index (χ2v) is 6.28. The molecule has 1 N–H and O–H groups in total. The molecule has 1 aromatic rings. The first kappa shape index (κ1) is 20.1. The van der Waals surface area contributed by atoms with Crippen LogP contribution in [0, 0.1) is 11.7 Å². The molecular formula is C19H28FNO3. The molecule has 0 aliphatic rings. The summed E-state index contributed by atoms with van der Waals surface area (Å²) in [6.07, 6.45) is 5.38. The maximum Gasteiger partial charge on any atom is 0.328 e. The first-order valence-electron chi connectivity index (χ1n) is 8.68. The average molecular weight is 337 g/mol. The molecule has 0 spiro atoms. The predicted molar refractivity (Wildman–Crippen MR) is 92.2 cm³/mol. The number of benzene rings is 1. The summed E-state index contributed by atoms with van der Waals surface area (Å²) >= 11 is 0. The highest BCUT2D eigenvalue weighted by Gasteiger charge is 2.26. The van der Waals surface area contributed by atoms with Gasteiger partial charge in [-0.1, -0.05) is 46.5 Å². The summed E-state index contributed by atoms with van der Waals surface area (Å²) < 4.78 is 18.2. The SMILES string of the molecule is CCCCCCCOC(=O)C(NC(=O)c1ccc(F)cc1)C(C)C. The third-order valence-electron chi connectivity index (χ3n) is 3.81. The van der Waals surface area contributed by atoms with Crippen molar-refractivity contribution in [1.82, 2.24) is 5.32 Å². The standard InChI is InChI=1S/C19H28FNO3/c1-4-5-6-7-8-13-24-19(23)17(14(2)3)21-18(22)15-9-11-16(20)12-10-15/h9-12,14,17H,4-8,13H2,1-3H3,(H,21,22). The molecule has 134 valence electrons. The number of hydrogen-bond acceptors (Lipinski definition) is 3. The number of hydrogen-bond donors (Lipinski definition) is 1. The van der Waals surface area contributed by atoms with Gasteiger partial charge in [-0.05, 0) is 36.6 Å². The van der Waals surface area contributed by atoms with Crippen molar-refractivity contribution in [1.29, 1.82) is 0 Å². The van der Waals surface area contributed by atoms with Crippen LogP contribution in [0.25, 0.3) is 0 Å². The van der Waals surface area contributed by atoms with Crippen molar-refractivity contribution in [3.63, 3.8) is 0 Å². The lowest BCUT2D eigenvalue weighted by Crippen LogP contribution is -2.45. The van der Waals surface area contributed by atoms with Gasteiger partial charge in [-0.3, -0.25) is 4.79 Å². The summed E-state index contributed by atoms with van der Waals surface area (Å²) in [5, 5.41) is 2.68. The smallest absolute Gasteiger partial charge is 0.328 e. The molecule has 0 aliphatic heterocycles. The Kier molecular flexibility index (Phi) is 9.05. The number of nitrogens with one attached hydrogen (secondary N) is 1. The molecule has 1 unspecified atom stereocenters. The molecule has 24 heavy (non-hydrogen) atoms. The number of amides is 1. The van der Waals surface area contributed by atoms with E-state index in [4.69, 9.17) is 4.74 Å². The number of rotatable bonds is 10. The van der Waals surface area contributed by atoms with Gasteiger partial charge >= 0.3 is 5.97 Å². The highest BCUT2D eigenvalue weighted by Crippen LogP contribution is 2.09. The zero-order valence-corrected chi connectivity index (χ0v) is 14.8. The van der Waals surface area contributed by atoms with Crippen LogP contribution in [-0.2, 0) is 9.53 Å². The van der Waals surface area contributed by atoms with Gasteiger partial charge < -0.3 is 10.1 Å². The second kappa shape index (κ2) is 10.8. The first-order valence-corrected chi connectivity index (χ1v) is 8.68. The predicted octanol–water partition coefficient (Wildman–Crippen LogP) is 4.09. The van der Waals surface area contributed by atoms with E-state index in [0.29, 0.717) is 12.2 Å². The van der Waals surface area contributed by atoms with E-state index in [-0.39, 0.29) is 5.92 Å². The lowest BCUT2D eigenvalue weighted by molar-refractivity contribution is -0.147. The van der Waals surface area contributed by atoms with Crippen LogP contribution < -0.4 is 5.32 Å². The molecule has 0 radical (unpaired) electrons. The molecule has 0 aliphatic carbocycles. The van der Waals surface area contributed by atoms with Crippen LogP contribution in [0.3, 0.4) is 0 Å². The summed E-state index contributed by atoms with van der Waals surface area (Å²) in [7, 11) is 0. The van der Waals surface area contributed by atoms with Crippen LogP contribution in [0.4, 0.5) is 4.39 Å². The van der Waals surface area contributed by atoms with Crippen LogP contribution >= 0.6 is 0 Å². The molecule has 0 bridgehead atoms. The summed E-state index contributed by atoms with van der Waals surface area (Å²) in [5.74, 6) is -1.33. The molecule has 1 aromatic carbocycles. The molecule has 0 heterocycles. The zero-order chi connectivity index (χ0) is 17.9. The normalized spacial score (nSPS) is 12.0. The highest BCUT2D eigenvalue weighted by atomic mass is 19.1. The van der Waals surface area contributed by atoms with Crippen molar-refractivity contribution in [2.45, 2.75) is 58.9 Å².